The van der Waals surface area contributed by atoms with E-state index in [1.165, 1.54) is 11.8 Å². The Kier molecular flexibility index (Phi) is 4.95. The maximum atomic E-state index is 10.6. The van der Waals surface area contributed by atoms with Gasteiger partial charge in [0.15, 0.2) is 22.1 Å². The molecule has 4 N–H and O–H groups in total. The summed E-state index contributed by atoms with van der Waals surface area (Å²) in [6, 6.07) is -0.388. The molecule has 3 rings (SSSR count). The molecule has 8 nitrogen and oxygen atoms in total. The number of hydrogen-bond acceptors (Lipinski definition) is 8. The highest BCUT2D eigenvalue weighted by molar-refractivity contribution is 7.98. The molecular weight excluding hydrogens is 330 g/mol. The van der Waals surface area contributed by atoms with Crippen molar-refractivity contribution in [2.75, 3.05) is 25.2 Å². The number of aliphatic hydroxyl groups is 3. The quantitative estimate of drug-likeness (QED) is 0.454. The highest BCUT2D eigenvalue weighted by Gasteiger charge is 2.49. The molecule has 0 bridgehead atoms. The summed E-state index contributed by atoms with van der Waals surface area (Å²) in [4.78, 5) is 13.3. The van der Waals surface area contributed by atoms with Gasteiger partial charge in [0, 0.05) is 19.6 Å². The Morgan fingerprint density at radius 2 is 2.00 bits per heavy atom. The van der Waals surface area contributed by atoms with Gasteiger partial charge in [0.2, 0.25) is 0 Å². The lowest BCUT2D eigenvalue weighted by Crippen LogP contribution is -2.30. The zero-order chi connectivity index (χ0) is 17.4. The Bertz CT molecular complexity index is 724. The second kappa shape index (κ2) is 6.83. The first-order chi connectivity index (χ1) is 11.6. The van der Waals surface area contributed by atoms with Crippen LogP contribution in [0, 0.1) is 11.8 Å². The topological polar surface area (TPSA) is 116 Å². The molecule has 2 aromatic heterocycles. The number of fused-ring (bicyclic) bond motifs is 1. The van der Waals surface area contributed by atoms with Crippen molar-refractivity contribution < 1.29 is 15.3 Å². The Morgan fingerprint density at radius 3 is 2.58 bits per heavy atom. The fraction of sp³-hybridized carbons (Fsp3) is 0.667. The van der Waals surface area contributed by atoms with E-state index in [4.69, 9.17) is 0 Å². The van der Waals surface area contributed by atoms with Crippen LogP contribution in [0.1, 0.15) is 19.4 Å². The van der Waals surface area contributed by atoms with E-state index in [9.17, 15) is 15.3 Å². The van der Waals surface area contributed by atoms with Crippen molar-refractivity contribution in [3.63, 3.8) is 0 Å². The van der Waals surface area contributed by atoms with Crippen LogP contribution in [-0.2, 0) is 0 Å². The van der Waals surface area contributed by atoms with Gasteiger partial charge in [-0.3, -0.25) is 0 Å². The lowest BCUT2D eigenvalue weighted by Gasteiger charge is -2.24. The van der Waals surface area contributed by atoms with Crippen LogP contribution in [0.15, 0.2) is 11.5 Å². The third-order valence-electron chi connectivity index (χ3n) is 4.95. The number of hydrogen-bond donors (Lipinski definition) is 4. The average molecular weight is 353 g/mol. The standard InChI is InChI=1S/C15H23N5O3S/c1-4-7-8(5-21)11(22)12(23)10(7)20-6-17-9-13(16-2)18-15(24-3)19-14(9)20/h6-8,10-12,21-23H,4-5H2,1-3H3,(H,16,18,19)/t7-,8-,10+,11?,12?/m0/s1. The van der Waals surface area contributed by atoms with Crippen LogP contribution in [-0.4, -0.2) is 67.0 Å². The van der Waals surface area contributed by atoms with Gasteiger partial charge < -0.3 is 25.2 Å². The van der Waals surface area contributed by atoms with Crippen LogP contribution >= 0.6 is 11.8 Å². The zero-order valence-corrected chi connectivity index (χ0v) is 14.7. The Morgan fingerprint density at radius 1 is 1.25 bits per heavy atom. The first kappa shape index (κ1) is 17.4. The van der Waals surface area contributed by atoms with Crippen LogP contribution in [0.5, 0.6) is 0 Å². The summed E-state index contributed by atoms with van der Waals surface area (Å²) < 4.78 is 1.81. The third kappa shape index (κ3) is 2.55. The molecule has 0 amide bonds. The normalized spacial score (nSPS) is 30.2. The minimum absolute atomic E-state index is 0.0665. The first-order valence-electron chi connectivity index (χ1n) is 8.00. The SMILES string of the molecule is CC[C@H]1[C@H](CO)C(O)C(O)[C@@H]1n1cnc2c(NC)nc(SC)nc21. The lowest BCUT2D eigenvalue weighted by atomic mass is 9.91. The molecule has 0 radical (unpaired) electrons. The predicted octanol–water partition coefficient (Wildman–Crippen LogP) is 0.501. The molecule has 0 aromatic carbocycles. The van der Waals surface area contributed by atoms with Crippen molar-refractivity contribution in [1.29, 1.82) is 0 Å². The van der Waals surface area contributed by atoms with Gasteiger partial charge in [0.25, 0.3) is 0 Å². The molecule has 1 aliphatic carbocycles. The second-order valence-electron chi connectivity index (χ2n) is 6.02. The summed E-state index contributed by atoms with van der Waals surface area (Å²) in [6.45, 7) is 1.83. The largest absolute Gasteiger partial charge is 0.396 e. The number of nitrogens with zero attached hydrogens (tertiary/aromatic N) is 4. The van der Waals surface area contributed by atoms with Gasteiger partial charge in [-0.2, -0.15) is 0 Å². The smallest absolute Gasteiger partial charge is 0.191 e. The van der Waals surface area contributed by atoms with Crippen molar-refractivity contribution in [1.82, 2.24) is 19.5 Å². The van der Waals surface area contributed by atoms with E-state index >= 15 is 0 Å². The van der Waals surface area contributed by atoms with Gasteiger partial charge >= 0.3 is 0 Å². The van der Waals surface area contributed by atoms with E-state index < -0.39 is 12.2 Å². The van der Waals surface area contributed by atoms with Crippen LogP contribution in [0.25, 0.3) is 11.2 Å². The molecular formula is C15H23N5O3S. The van der Waals surface area contributed by atoms with Gasteiger partial charge in [-0.05, 0) is 12.2 Å². The molecule has 0 aliphatic heterocycles. The molecule has 0 saturated heterocycles. The molecule has 5 atom stereocenters. The first-order valence-corrected chi connectivity index (χ1v) is 9.23. The van der Waals surface area contributed by atoms with Crippen molar-refractivity contribution in [2.24, 2.45) is 11.8 Å². The van der Waals surface area contributed by atoms with Crippen molar-refractivity contribution in [3.8, 4) is 0 Å². The Hall–Kier alpha value is -1.42. The minimum atomic E-state index is -0.977. The van der Waals surface area contributed by atoms with E-state index in [1.54, 1.807) is 13.4 Å². The van der Waals surface area contributed by atoms with E-state index in [0.29, 0.717) is 22.1 Å². The van der Waals surface area contributed by atoms with Gasteiger partial charge in [0.1, 0.15) is 6.10 Å². The third-order valence-corrected chi connectivity index (χ3v) is 5.50. The van der Waals surface area contributed by atoms with Crippen LogP contribution < -0.4 is 5.32 Å². The molecule has 2 aromatic rings. The fourth-order valence-electron chi connectivity index (χ4n) is 3.75. The molecule has 9 heteroatoms. The molecule has 132 valence electrons. The molecule has 1 aliphatic rings. The molecule has 2 unspecified atom stereocenters. The van der Waals surface area contributed by atoms with Crippen molar-refractivity contribution >= 4 is 28.7 Å². The van der Waals surface area contributed by atoms with Crippen LogP contribution in [0.2, 0.25) is 0 Å². The average Bonchev–Trinajstić information content (AvgIpc) is 3.12. The maximum absolute atomic E-state index is 10.6. The minimum Gasteiger partial charge on any atom is -0.396 e. The van der Waals surface area contributed by atoms with Crippen LogP contribution in [0.4, 0.5) is 5.82 Å². The van der Waals surface area contributed by atoms with E-state index in [1.807, 2.05) is 17.7 Å². The number of anilines is 1. The molecule has 1 fully saturated rings. The fourth-order valence-corrected chi connectivity index (χ4v) is 4.11. The molecule has 0 spiro atoms. The Balaban J connectivity index is 2.15. The number of aromatic nitrogens is 4. The van der Waals surface area contributed by atoms with Gasteiger partial charge in [-0.1, -0.05) is 25.1 Å². The summed E-state index contributed by atoms with van der Waals surface area (Å²) >= 11 is 1.43. The van der Waals surface area contributed by atoms with Gasteiger partial charge in [-0.15, -0.1) is 0 Å². The van der Waals surface area contributed by atoms with Crippen molar-refractivity contribution in [3.05, 3.63) is 6.33 Å². The zero-order valence-electron chi connectivity index (χ0n) is 13.9. The monoisotopic (exact) mass is 353 g/mol. The number of aliphatic hydroxyl groups excluding tert-OH is 3. The highest BCUT2D eigenvalue weighted by atomic mass is 32.2. The maximum Gasteiger partial charge on any atom is 0.191 e. The molecule has 24 heavy (non-hydrogen) atoms. The Labute approximate surface area is 144 Å². The van der Waals surface area contributed by atoms with Crippen molar-refractivity contribution in [2.45, 2.75) is 36.8 Å². The second-order valence-corrected chi connectivity index (χ2v) is 6.80. The number of nitrogens with one attached hydrogen (secondary N) is 1. The van der Waals surface area contributed by atoms with Gasteiger partial charge in [-0.25, -0.2) is 15.0 Å². The van der Waals surface area contributed by atoms with E-state index in [0.717, 1.165) is 6.42 Å². The summed E-state index contributed by atoms with van der Waals surface area (Å²) in [7, 11) is 1.77. The van der Waals surface area contributed by atoms with Gasteiger partial charge in [0.05, 0.1) is 18.5 Å². The van der Waals surface area contributed by atoms with E-state index in [-0.39, 0.29) is 24.5 Å². The summed E-state index contributed by atoms with van der Waals surface area (Å²) in [5, 5.41) is 34.1. The number of rotatable bonds is 5. The lowest BCUT2D eigenvalue weighted by molar-refractivity contribution is -0.00455. The summed E-state index contributed by atoms with van der Waals surface area (Å²) in [6.07, 6.45) is 2.31. The summed E-state index contributed by atoms with van der Waals surface area (Å²) in [5.74, 6) is 0.198. The predicted molar refractivity (Wildman–Crippen MR) is 92.1 cm³/mol. The van der Waals surface area contributed by atoms with E-state index in [2.05, 4.69) is 20.3 Å². The number of imidazole rings is 1. The summed E-state index contributed by atoms with van der Waals surface area (Å²) in [5.41, 5.74) is 1.24. The molecule has 1 saturated carbocycles. The highest BCUT2D eigenvalue weighted by Crippen LogP contribution is 2.43. The number of thioether (sulfide) groups is 1. The van der Waals surface area contributed by atoms with Crippen LogP contribution in [0.3, 0.4) is 0 Å². The molecule has 2 heterocycles.